The fourth-order valence-electron chi connectivity index (χ4n) is 2.28. The Morgan fingerprint density at radius 1 is 1.25 bits per heavy atom. The summed E-state index contributed by atoms with van der Waals surface area (Å²) >= 11 is 0. The Hall–Kier alpha value is -1.85. The van der Waals surface area contributed by atoms with Crippen LogP contribution in [0.2, 0.25) is 0 Å². The van der Waals surface area contributed by atoms with Gasteiger partial charge in [-0.3, -0.25) is 0 Å². The van der Waals surface area contributed by atoms with E-state index in [9.17, 15) is 9.90 Å². The molecule has 2 atom stereocenters. The molecule has 0 bridgehead atoms. The topological polar surface area (TPSA) is 68.3 Å². The molecule has 1 N–H and O–H groups in total. The zero-order chi connectivity index (χ0) is 17.6. The lowest BCUT2D eigenvalue weighted by atomic mass is 10.1. The minimum absolute atomic E-state index is 0.0173. The minimum atomic E-state index is -0.561. The van der Waals surface area contributed by atoms with Crippen LogP contribution in [-0.2, 0) is 25.6 Å². The Morgan fingerprint density at radius 3 is 2.62 bits per heavy atom. The molecule has 1 saturated heterocycles. The van der Waals surface area contributed by atoms with E-state index >= 15 is 0 Å². The van der Waals surface area contributed by atoms with Crippen LogP contribution >= 0.6 is 0 Å². The van der Waals surface area contributed by atoms with Crippen molar-refractivity contribution in [1.29, 1.82) is 0 Å². The third kappa shape index (κ3) is 7.15. The molecular formula is C19H26O5. The van der Waals surface area contributed by atoms with Crippen molar-refractivity contribution >= 4 is 5.97 Å². The highest BCUT2D eigenvalue weighted by molar-refractivity contribution is 5.82. The summed E-state index contributed by atoms with van der Waals surface area (Å²) in [4.78, 5) is 11.6. The van der Waals surface area contributed by atoms with Crippen LogP contribution in [0.3, 0.4) is 0 Å². The molecule has 5 heteroatoms. The predicted molar refractivity (Wildman–Crippen MR) is 90.5 cm³/mol. The van der Waals surface area contributed by atoms with Gasteiger partial charge in [-0.05, 0) is 32.8 Å². The molecule has 5 nitrogen and oxygen atoms in total. The number of hydrogen-bond acceptors (Lipinski definition) is 5. The van der Waals surface area contributed by atoms with E-state index in [1.54, 1.807) is 20.8 Å². The number of carbonyl (C=O) groups excluding carboxylic acids is 1. The first-order chi connectivity index (χ1) is 11.3. The first kappa shape index (κ1) is 18.5. The molecule has 132 valence electrons. The summed E-state index contributed by atoms with van der Waals surface area (Å²) in [5.41, 5.74) is 0.571. The maximum Gasteiger partial charge on any atom is 0.334 e. The third-order valence-electron chi connectivity index (χ3n) is 3.46. The maximum atomic E-state index is 11.6. The number of epoxide rings is 1. The van der Waals surface area contributed by atoms with Gasteiger partial charge in [0.15, 0.2) is 0 Å². The molecule has 0 saturated carbocycles. The number of ether oxygens (including phenoxy) is 3. The lowest BCUT2D eigenvalue weighted by Crippen LogP contribution is -2.22. The monoisotopic (exact) mass is 334 g/mol. The van der Waals surface area contributed by atoms with Gasteiger partial charge in [-0.1, -0.05) is 30.3 Å². The first-order valence-corrected chi connectivity index (χ1v) is 8.23. The SMILES string of the molecule is CC(C)(C)OC(=O)/C=C(\O)CC[C@@H]1O[C@@H]1COCc1ccccc1. The maximum absolute atomic E-state index is 11.6. The standard InChI is InChI=1S/C19H26O5/c1-19(2,3)24-18(21)11-15(20)9-10-16-17(23-16)13-22-12-14-7-5-4-6-8-14/h4-8,11,16-17,20H,9-10,12-13H2,1-3H3/b15-11-/t16-,17+/m0/s1. The van der Waals surface area contributed by atoms with E-state index in [1.807, 2.05) is 30.3 Å². The molecule has 1 heterocycles. The van der Waals surface area contributed by atoms with Crippen LogP contribution in [0.5, 0.6) is 0 Å². The van der Waals surface area contributed by atoms with Crippen molar-refractivity contribution in [3.05, 3.63) is 47.7 Å². The number of carbonyl (C=O) groups is 1. The van der Waals surface area contributed by atoms with Crippen LogP contribution in [0.25, 0.3) is 0 Å². The van der Waals surface area contributed by atoms with Gasteiger partial charge in [0.25, 0.3) is 0 Å². The van der Waals surface area contributed by atoms with Crippen LogP contribution in [0.15, 0.2) is 42.2 Å². The summed E-state index contributed by atoms with van der Waals surface area (Å²) in [6, 6.07) is 9.97. The Bertz CT molecular complexity index is 559. The van der Waals surface area contributed by atoms with E-state index in [2.05, 4.69) is 0 Å². The fraction of sp³-hybridized carbons (Fsp3) is 0.526. The summed E-state index contributed by atoms with van der Waals surface area (Å²) in [5, 5.41) is 9.78. The molecule has 1 aliphatic rings. The number of hydrogen-bond donors (Lipinski definition) is 1. The molecule has 2 rings (SSSR count). The first-order valence-electron chi connectivity index (χ1n) is 8.23. The number of benzene rings is 1. The molecule has 0 aliphatic carbocycles. The van der Waals surface area contributed by atoms with Gasteiger partial charge < -0.3 is 19.3 Å². The molecule has 1 fully saturated rings. The largest absolute Gasteiger partial charge is 0.512 e. The highest BCUT2D eigenvalue weighted by Gasteiger charge is 2.38. The second kappa shape index (κ2) is 8.31. The van der Waals surface area contributed by atoms with Crippen LogP contribution < -0.4 is 0 Å². The number of allylic oxidation sites excluding steroid dienone is 1. The van der Waals surface area contributed by atoms with Crippen LogP contribution in [0, 0.1) is 0 Å². The Morgan fingerprint density at radius 2 is 1.96 bits per heavy atom. The van der Waals surface area contributed by atoms with Crippen LogP contribution in [0.1, 0.15) is 39.2 Å². The van der Waals surface area contributed by atoms with Gasteiger partial charge in [0.1, 0.15) is 11.7 Å². The molecule has 24 heavy (non-hydrogen) atoms. The third-order valence-corrected chi connectivity index (χ3v) is 3.46. The number of esters is 1. The van der Waals surface area contributed by atoms with Crippen LogP contribution in [-0.4, -0.2) is 35.5 Å². The molecule has 1 aromatic carbocycles. The molecule has 0 unspecified atom stereocenters. The van der Waals surface area contributed by atoms with E-state index in [0.717, 1.165) is 11.6 Å². The van der Waals surface area contributed by atoms with Crippen LogP contribution in [0.4, 0.5) is 0 Å². The zero-order valence-electron chi connectivity index (χ0n) is 14.5. The number of rotatable bonds is 8. The summed E-state index contributed by atoms with van der Waals surface area (Å²) < 4.78 is 16.3. The van der Waals surface area contributed by atoms with Gasteiger partial charge in [-0.25, -0.2) is 4.79 Å². The van der Waals surface area contributed by atoms with E-state index in [-0.39, 0.29) is 18.0 Å². The average molecular weight is 334 g/mol. The van der Waals surface area contributed by atoms with E-state index in [1.165, 1.54) is 0 Å². The van der Waals surface area contributed by atoms with Gasteiger partial charge in [-0.15, -0.1) is 0 Å². The van der Waals surface area contributed by atoms with Gasteiger partial charge >= 0.3 is 5.97 Å². The summed E-state index contributed by atoms with van der Waals surface area (Å²) in [6.07, 6.45) is 2.33. The second-order valence-electron chi connectivity index (χ2n) is 6.92. The van der Waals surface area contributed by atoms with Gasteiger partial charge in [-0.2, -0.15) is 0 Å². The smallest absolute Gasteiger partial charge is 0.334 e. The minimum Gasteiger partial charge on any atom is -0.512 e. The van der Waals surface area contributed by atoms with Crippen molar-refractivity contribution in [2.75, 3.05) is 6.61 Å². The highest BCUT2D eigenvalue weighted by atomic mass is 16.6. The highest BCUT2D eigenvalue weighted by Crippen LogP contribution is 2.28. The van der Waals surface area contributed by atoms with Crippen molar-refractivity contribution in [2.45, 2.75) is 58.0 Å². The summed E-state index contributed by atoms with van der Waals surface area (Å²) in [5.74, 6) is -0.511. The molecule has 1 aromatic rings. The Kier molecular flexibility index (Phi) is 6.40. The molecular weight excluding hydrogens is 308 g/mol. The zero-order valence-corrected chi connectivity index (χ0v) is 14.5. The second-order valence-corrected chi connectivity index (χ2v) is 6.92. The molecule has 0 radical (unpaired) electrons. The predicted octanol–water partition coefficient (Wildman–Crippen LogP) is 3.53. The summed E-state index contributed by atoms with van der Waals surface area (Å²) in [6.45, 7) is 6.46. The normalized spacial score (nSPS) is 20.7. The quantitative estimate of drug-likeness (QED) is 0.341. The van der Waals surface area contributed by atoms with Crippen molar-refractivity contribution in [3.63, 3.8) is 0 Å². The lowest BCUT2D eigenvalue weighted by Gasteiger charge is -2.18. The molecule has 0 spiro atoms. The molecule has 0 amide bonds. The fourth-order valence-corrected chi connectivity index (χ4v) is 2.28. The molecule has 1 aliphatic heterocycles. The van der Waals surface area contributed by atoms with E-state index in [0.29, 0.717) is 26.1 Å². The summed E-state index contributed by atoms with van der Waals surface area (Å²) in [7, 11) is 0. The Labute approximate surface area is 143 Å². The average Bonchev–Trinajstić information content (AvgIpc) is 3.23. The van der Waals surface area contributed by atoms with Crippen molar-refractivity contribution in [1.82, 2.24) is 0 Å². The van der Waals surface area contributed by atoms with Gasteiger partial charge in [0.2, 0.25) is 0 Å². The Balaban J connectivity index is 1.60. The van der Waals surface area contributed by atoms with E-state index in [4.69, 9.17) is 14.2 Å². The van der Waals surface area contributed by atoms with E-state index < -0.39 is 11.6 Å². The molecule has 0 aromatic heterocycles. The van der Waals surface area contributed by atoms with Crippen molar-refractivity contribution in [3.8, 4) is 0 Å². The lowest BCUT2D eigenvalue weighted by molar-refractivity contribution is -0.148. The van der Waals surface area contributed by atoms with Gasteiger partial charge in [0, 0.05) is 6.42 Å². The van der Waals surface area contributed by atoms with Crippen molar-refractivity contribution in [2.24, 2.45) is 0 Å². The van der Waals surface area contributed by atoms with Crippen molar-refractivity contribution < 1.29 is 24.1 Å². The number of aliphatic hydroxyl groups excluding tert-OH is 1. The van der Waals surface area contributed by atoms with Gasteiger partial charge in [0.05, 0.1) is 31.2 Å². The number of aliphatic hydroxyl groups is 1.